The van der Waals surface area contributed by atoms with E-state index in [4.69, 9.17) is 15.9 Å². The molecule has 0 aliphatic rings. The molecule has 0 aliphatic heterocycles. The number of carboxylic acid groups (broad SMARTS) is 2. The van der Waals surface area contributed by atoms with Crippen molar-refractivity contribution in [2.45, 2.75) is 12.1 Å². The lowest BCUT2D eigenvalue weighted by atomic mass is 10.3. The number of nitrogens with one attached hydrogen (secondary N) is 1. The molecule has 0 radical (unpaired) electrons. The van der Waals surface area contributed by atoms with Gasteiger partial charge < -0.3 is 21.3 Å². The third-order valence-electron chi connectivity index (χ3n) is 1.55. The number of carboxylic acids is 2. The van der Waals surface area contributed by atoms with Crippen molar-refractivity contribution in [1.29, 1.82) is 0 Å². The smallest absolute Gasteiger partial charge is 0.321 e. The Labute approximate surface area is 99.0 Å². The standard InChI is InChI=1S/C7H14N2O4S.H2S/c1-9-5(7(12)13)3-14-2-4(8)6(10)11;/h4-5,9H,2-3,8H2,1H3,(H,10,11)(H,12,13);1H2/t4-,5-;/m0./s1. The lowest BCUT2D eigenvalue weighted by Gasteiger charge is -2.11. The lowest BCUT2D eigenvalue weighted by molar-refractivity contribution is -0.139. The highest BCUT2D eigenvalue weighted by atomic mass is 32.2. The number of hydrogen-bond donors (Lipinski definition) is 4. The molecule has 90 valence electrons. The number of likely N-dealkylation sites (N-methyl/N-ethyl adjacent to an activating group) is 1. The predicted molar refractivity (Wildman–Crippen MR) is 63.8 cm³/mol. The molecule has 0 amide bonds. The highest BCUT2D eigenvalue weighted by molar-refractivity contribution is 7.99. The lowest BCUT2D eigenvalue weighted by Crippen LogP contribution is -2.38. The fourth-order valence-corrected chi connectivity index (χ4v) is 1.74. The average molecular weight is 256 g/mol. The molecule has 0 unspecified atom stereocenters. The van der Waals surface area contributed by atoms with Gasteiger partial charge in [-0.3, -0.25) is 9.59 Å². The number of aliphatic carboxylic acids is 2. The van der Waals surface area contributed by atoms with E-state index in [2.05, 4.69) is 5.32 Å². The Morgan fingerprint density at radius 3 is 2.20 bits per heavy atom. The maximum absolute atomic E-state index is 10.5. The molecule has 0 rings (SSSR count). The molecule has 0 aromatic rings. The topological polar surface area (TPSA) is 113 Å². The zero-order valence-corrected chi connectivity index (χ0v) is 10.1. The SMILES string of the molecule is CN[C@@H](CSC[C@H](N)C(=O)O)C(=O)O.S. The summed E-state index contributed by atoms with van der Waals surface area (Å²) in [6.07, 6.45) is 0. The van der Waals surface area contributed by atoms with Crippen molar-refractivity contribution in [1.82, 2.24) is 5.32 Å². The average Bonchev–Trinajstić information content (AvgIpc) is 2.11. The van der Waals surface area contributed by atoms with Crippen LogP contribution in [0.5, 0.6) is 0 Å². The van der Waals surface area contributed by atoms with Crippen LogP contribution in [0.4, 0.5) is 0 Å². The van der Waals surface area contributed by atoms with Crippen molar-refractivity contribution in [3.63, 3.8) is 0 Å². The normalized spacial score (nSPS) is 13.7. The van der Waals surface area contributed by atoms with Crippen LogP contribution in [0, 0.1) is 0 Å². The molecule has 6 nitrogen and oxygen atoms in total. The Balaban J connectivity index is 0. The minimum absolute atomic E-state index is 0. The Hall–Kier alpha value is -0.440. The molecule has 0 saturated carbocycles. The van der Waals surface area contributed by atoms with Gasteiger partial charge in [-0.2, -0.15) is 25.3 Å². The Morgan fingerprint density at radius 2 is 1.87 bits per heavy atom. The molecule has 0 heterocycles. The van der Waals surface area contributed by atoms with Gasteiger partial charge in [-0.25, -0.2) is 0 Å². The van der Waals surface area contributed by atoms with Crippen LogP contribution in [0.1, 0.15) is 0 Å². The van der Waals surface area contributed by atoms with Crippen LogP contribution in [0.25, 0.3) is 0 Å². The molecule has 0 spiro atoms. The number of thioether (sulfide) groups is 1. The van der Waals surface area contributed by atoms with E-state index in [1.807, 2.05) is 0 Å². The minimum Gasteiger partial charge on any atom is -0.480 e. The highest BCUT2D eigenvalue weighted by Gasteiger charge is 2.17. The van der Waals surface area contributed by atoms with Crippen LogP contribution in [-0.4, -0.2) is 52.8 Å². The third kappa shape index (κ3) is 7.48. The molecule has 0 aliphatic carbocycles. The van der Waals surface area contributed by atoms with Gasteiger partial charge in [-0.1, -0.05) is 0 Å². The summed E-state index contributed by atoms with van der Waals surface area (Å²) < 4.78 is 0. The van der Waals surface area contributed by atoms with E-state index in [0.29, 0.717) is 5.75 Å². The molecular formula is C7H16N2O4S2. The highest BCUT2D eigenvalue weighted by Crippen LogP contribution is 2.04. The van der Waals surface area contributed by atoms with Crippen molar-refractivity contribution in [2.75, 3.05) is 18.6 Å². The fraction of sp³-hybridized carbons (Fsp3) is 0.714. The summed E-state index contributed by atoms with van der Waals surface area (Å²) in [7, 11) is 1.54. The van der Waals surface area contributed by atoms with Crippen LogP contribution in [0.15, 0.2) is 0 Å². The number of carbonyl (C=O) groups is 2. The summed E-state index contributed by atoms with van der Waals surface area (Å²) in [5.41, 5.74) is 5.23. The van der Waals surface area contributed by atoms with Gasteiger partial charge in [-0.05, 0) is 7.05 Å². The second-order valence-electron chi connectivity index (χ2n) is 2.66. The van der Waals surface area contributed by atoms with Crippen LogP contribution in [0.3, 0.4) is 0 Å². The Bertz CT molecular complexity index is 215. The first kappa shape index (κ1) is 17.0. The Morgan fingerprint density at radius 1 is 1.33 bits per heavy atom. The van der Waals surface area contributed by atoms with Gasteiger partial charge >= 0.3 is 11.9 Å². The minimum atomic E-state index is -1.08. The van der Waals surface area contributed by atoms with Crippen molar-refractivity contribution in [2.24, 2.45) is 5.73 Å². The summed E-state index contributed by atoms with van der Waals surface area (Å²) in [6.45, 7) is 0. The molecule has 0 aromatic heterocycles. The van der Waals surface area contributed by atoms with Gasteiger partial charge in [0.15, 0.2) is 0 Å². The van der Waals surface area contributed by atoms with E-state index in [1.165, 1.54) is 18.8 Å². The van der Waals surface area contributed by atoms with Crippen molar-refractivity contribution in [3.05, 3.63) is 0 Å². The molecular weight excluding hydrogens is 240 g/mol. The van der Waals surface area contributed by atoms with E-state index in [0.717, 1.165) is 0 Å². The largest absolute Gasteiger partial charge is 0.480 e. The van der Waals surface area contributed by atoms with E-state index in [1.54, 1.807) is 0 Å². The summed E-state index contributed by atoms with van der Waals surface area (Å²) >= 11 is 1.20. The monoisotopic (exact) mass is 256 g/mol. The zero-order chi connectivity index (χ0) is 11.1. The number of nitrogens with two attached hydrogens (primary N) is 1. The van der Waals surface area contributed by atoms with Gasteiger partial charge in [0.05, 0.1) is 0 Å². The van der Waals surface area contributed by atoms with Crippen molar-refractivity contribution >= 4 is 37.2 Å². The first-order valence-corrected chi connectivity index (χ1v) is 5.10. The second kappa shape index (κ2) is 8.84. The predicted octanol–water partition coefficient (Wildman–Crippen LogP) is -1.08. The summed E-state index contributed by atoms with van der Waals surface area (Å²) in [5, 5.41) is 19.7. The number of hydrogen-bond acceptors (Lipinski definition) is 5. The van der Waals surface area contributed by atoms with Crippen molar-refractivity contribution in [3.8, 4) is 0 Å². The first-order chi connectivity index (χ1) is 6.49. The van der Waals surface area contributed by atoms with Gasteiger partial charge in [0.25, 0.3) is 0 Å². The molecule has 2 atom stereocenters. The van der Waals surface area contributed by atoms with E-state index < -0.39 is 24.0 Å². The van der Waals surface area contributed by atoms with Gasteiger partial charge in [0, 0.05) is 11.5 Å². The molecule has 0 aromatic carbocycles. The molecule has 15 heavy (non-hydrogen) atoms. The fourth-order valence-electron chi connectivity index (χ4n) is 0.662. The zero-order valence-electron chi connectivity index (χ0n) is 8.27. The number of rotatable bonds is 7. The van der Waals surface area contributed by atoms with Gasteiger partial charge in [0.1, 0.15) is 12.1 Å². The van der Waals surface area contributed by atoms with Crippen LogP contribution in [-0.2, 0) is 9.59 Å². The van der Waals surface area contributed by atoms with E-state index >= 15 is 0 Å². The third-order valence-corrected chi connectivity index (χ3v) is 2.71. The second-order valence-corrected chi connectivity index (χ2v) is 3.74. The quantitative estimate of drug-likeness (QED) is 0.458. The molecule has 0 fully saturated rings. The molecule has 8 heteroatoms. The van der Waals surface area contributed by atoms with Crippen LogP contribution >= 0.6 is 25.3 Å². The van der Waals surface area contributed by atoms with Crippen LogP contribution < -0.4 is 11.1 Å². The summed E-state index contributed by atoms with van der Waals surface area (Å²) in [4.78, 5) is 20.8. The van der Waals surface area contributed by atoms with Crippen LogP contribution in [0.2, 0.25) is 0 Å². The van der Waals surface area contributed by atoms with Gasteiger partial charge in [0.2, 0.25) is 0 Å². The Kier molecular flexibility index (Phi) is 10.00. The molecule has 0 saturated heterocycles. The van der Waals surface area contributed by atoms with Gasteiger partial charge in [-0.15, -0.1) is 0 Å². The maximum Gasteiger partial charge on any atom is 0.321 e. The van der Waals surface area contributed by atoms with E-state index in [9.17, 15) is 9.59 Å². The summed E-state index contributed by atoms with van der Waals surface area (Å²) in [5.74, 6) is -1.52. The first-order valence-electron chi connectivity index (χ1n) is 3.95. The van der Waals surface area contributed by atoms with Crippen molar-refractivity contribution < 1.29 is 19.8 Å². The molecule has 0 bridgehead atoms. The summed E-state index contributed by atoms with van der Waals surface area (Å²) in [6, 6.07) is -1.60. The maximum atomic E-state index is 10.5. The molecule has 5 N–H and O–H groups in total. The van der Waals surface area contributed by atoms with E-state index in [-0.39, 0.29) is 19.2 Å².